The molecule has 1 amide bonds. The molecule has 1 heterocycles. The van der Waals surface area contributed by atoms with Gasteiger partial charge in [-0.05, 0) is 30.0 Å². The van der Waals surface area contributed by atoms with Crippen molar-refractivity contribution in [3.63, 3.8) is 0 Å². The van der Waals surface area contributed by atoms with E-state index < -0.39 is 23.5 Å². The van der Waals surface area contributed by atoms with Crippen molar-refractivity contribution in [2.75, 3.05) is 13.1 Å². The van der Waals surface area contributed by atoms with Crippen molar-refractivity contribution in [2.45, 2.75) is 12.6 Å². The number of benzene rings is 1. The van der Waals surface area contributed by atoms with Crippen LogP contribution in [0.5, 0.6) is 0 Å². The van der Waals surface area contributed by atoms with E-state index in [9.17, 15) is 22.4 Å². The van der Waals surface area contributed by atoms with Crippen molar-refractivity contribution in [3.05, 3.63) is 53.9 Å². The lowest BCUT2D eigenvalue weighted by atomic mass is 10.1. The Hall–Kier alpha value is -2.11. The van der Waals surface area contributed by atoms with Crippen LogP contribution in [0.3, 0.4) is 0 Å². The Morgan fingerprint density at radius 1 is 1.27 bits per heavy atom. The standard InChI is InChI=1S/C16H15F4NO/c1-11(17)15(22)21-9-8-13(10-21)3-2-12-4-6-14(7-5-12)16(18,19)20/h2-7,13H,1,8-10H2. The lowest BCUT2D eigenvalue weighted by Crippen LogP contribution is -2.28. The molecule has 6 heteroatoms. The average Bonchev–Trinajstić information content (AvgIpc) is 2.92. The summed E-state index contributed by atoms with van der Waals surface area (Å²) in [6.07, 6.45) is -0.112. The van der Waals surface area contributed by atoms with Crippen molar-refractivity contribution >= 4 is 12.0 Å². The molecule has 0 spiro atoms. The van der Waals surface area contributed by atoms with Crippen LogP contribution in [0.15, 0.2) is 42.7 Å². The van der Waals surface area contributed by atoms with Gasteiger partial charge in [-0.25, -0.2) is 4.39 Å². The van der Waals surface area contributed by atoms with Gasteiger partial charge in [0.15, 0.2) is 5.83 Å². The quantitative estimate of drug-likeness (QED) is 0.609. The van der Waals surface area contributed by atoms with Crippen molar-refractivity contribution in [1.29, 1.82) is 0 Å². The van der Waals surface area contributed by atoms with E-state index in [4.69, 9.17) is 0 Å². The minimum absolute atomic E-state index is 0.0607. The molecule has 1 aliphatic rings. The lowest BCUT2D eigenvalue weighted by Gasteiger charge is -2.13. The Morgan fingerprint density at radius 3 is 2.45 bits per heavy atom. The van der Waals surface area contributed by atoms with E-state index in [1.165, 1.54) is 17.0 Å². The topological polar surface area (TPSA) is 20.3 Å². The number of halogens is 4. The Morgan fingerprint density at radius 2 is 1.91 bits per heavy atom. The third kappa shape index (κ3) is 3.96. The molecule has 0 radical (unpaired) electrons. The van der Waals surface area contributed by atoms with Crippen LogP contribution in [0, 0.1) is 5.92 Å². The van der Waals surface area contributed by atoms with Crippen molar-refractivity contribution in [2.24, 2.45) is 5.92 Å². The lowest BCUT2D eigenvalue weighted by molar-refractivity contribution is -0.137. The van der Waals surface area contributed by atoms with E-state index in [0.29, 0.717) is 25.1 Å². The van der Waals surface area contributed by atoms with Gasteiger partial charge in [-0.3, -0.25) is 4.79 Å². The number of hydrogen-bond donors (Lipinski definition) is 0. The molecule has 2 rings (SSSR count). The number of hydrogen-bond acceptors (Lipinski definition) is 1. The first kappa shape index (κ1) is 16.3. The molecule has 0 aromatic heterocycles. The molecular weight excluding hydrogens is 298 g/mol. The van der Waals surface area contributed by atoms with Crippen LogP contribution >= 0.6 is 0 Å². The van der Waals surface area contributed by atoms with E-state index in [1.807, 2.05) is 6.08 Å². The van der Waals surface area contributed by atoms with Gasteiger partial charge in [0.05, 0.1) is 5.56 Å². The molecule has 1 aromatic rings. The monoisotopic (exact) mass is 313 g/mol. The summed E-state index contributed by atoms with van der Waals surface area (Å²) in [7, 11) is 0. The van der Waals surface area contributed by atoms with Gasteiger partial charge in [0.1, 0.15) is 0 Å². The average molecular weight is 313 g/mol. The molecule has 1 atom stereocenters. The van der Waals surface area contributed by atoms with Crippen LogP contribution < -0.4 is 0 Å². The highest BCUT2D eigenvalue weighted by Gasteiger charge is 2.30. The maximum Gasteiger partial charge on any atom is 0.416 e. The smallest absolute Gasteiger partial charge is 0.336 e. The maximum absolute atomic E-state index is 12.8. The normalized spacial score (nSPS) is 18.9. The molecule has 0 N–H and O–H groups in total. The molecule has 22 heavy (non-hydrogen) atoms. The number of rotatable bonds is 3. The third-order valence-electron chi connectivity index (χ3n) is 3.54. The fourth-order valence-corrected chi connectivity index (χ4v) is 2.33. The molecule has 1 aliphatic heterocycles. The molecule has 0 aliphatic carbocycles. The molecule has 2 nitrogen and oxygen atoms in total. The zero-order chi connectivity index (χ0) is 16.3. The summed E-state index contributed by atoms with van der Waals surface area (Å²) in [6.45, 7) is 3.81. The predicted molar refractivity (Wildman–Crippen MR) is 75.4 cm³/mol. The van der Waals surface area contributed by atoms with Crippen LogP contribution in [0.4, 0.5) is 17.6 Å². The third-order valence-corrected chi connectivity index (χ3v) is 3.54. The van der Waals surface area contributed by atoms with Crippen LogP contribution in [0.25, 0.3) is 6.08 Å². The summed E-state index contributed by atoms with van der Waals surface area (Å²) in [5.74, 6) is -1.62. The van der Waals surface area contributed by atoms with Gasteiger partial charge in [0.2, 0.25) is 0 Å². The Balaban J connectivity index is 1.96. The second-order valence-corrected chi connectivity index (χ2v) is 5.18. The van der Waals surface area contributed by atoms with E-state index >= 15 is 0 Å². The molecule has 1 fully saturated rings. The minimum Gasteiger partial charge on any atom is -0.336 e. The van der Waals surface area contributed by atoms with Gasteiger partial charge in [-0.2, -0.15) is 13.2 Å². The number of amides is 1. The van der Waals surface area contributed by atoms with Crippen LogP contribution in [0.2, 0.25) is 0 Å². The van der Waals surface area contributed by atoms with Crippen molar-refractivity contribution < 1.29 is 22.4 Å². The molecule has 1 saturated heterocycles. The predicted octanol–water partition coefficient (Wildman–Crippen LogP) is 4.05. The van der Waals surface area contributed by atoms with Gasteiger partial charge >= 0.3 is 6.18 Å². The summed E-state index contributed by atoms with van der Waals surface area (Å²) >= 11 is 0. The van der Waals surface area contributed by atoms with Gasteiger partial charge in [-0.1, -0.05) is 30.9 Å². The number of likely N-dealkylation sites (tertiary alicyclic amines) is 1. The summed E-state index contributed by atoms with van der Waals surface area (Å²) in [4.78, 5) is 12.8. The van der Waals surface area contributed by atoms with Crippen molar-refractivity contribution in [1.82, 2.24) is 4.90 Å². The van der Waals surface area contributed by atoms with Crippen LogP contribution in [0.1, 0.15) is 17.5 Å². The first-order valence-electron chi connectivity index (χ1n) is 6.76. The molecule has 1 unspecified atom stereocenters. The fraction of sp³-hybridized carbons (Fsp3) is 0.312. The summed E-state index contributed by atoms with van der Waals surface area (Å²) in [5.41, 5.74) is -0.0450. The number of alkyl halides is 3. The Kier molecular flexibility index (Phi) is 4.68. The highest BCUT2D eigenvalue weighted by atomic mass is 19.4. The number of nitrogens with zero attached hydrogens (tertiary/aromatic N) is 1. The first-order chi connectivity index (χ1) is 10.3. The van der Waals surface area contributed by atoms with Gasteiger partial charge in [0, 0.05) is 13.1 Å². The van der Waals surface area contributed by atoms with Crippen molar-refractivity contribution in [3.8, 4) is 0 Å². The largest absolute Gasteiger partial charge is 0.416 e. The molecular formula is C16H15F4NO. The van der Waals surface area contributed by atoms with Gasteiger partial charge in [0.25, 0.3) is 5.91 Å². The Bertz CT molecular complexity index is 589. The zero-order valence-corrected chi connectivity index (χ0v) is 11.7. The SMILES string of the molecule is C=C(F)C(=O)N1CCC(C=Cc2ccc(C(F)(F)F)cc2)C1. The van der Waals surface area contributed by atoms with Crippen LogP contribution in [-0.2, 0) is 11.0 Å². The highest BCUT2D eigenvalue weighted by Crippen LogP contribution is 2.29. The molecule has 0 bridgehead atoms. The zero-order valence-electron chi connectivity index (χ0n) is 11.7. The second-order valence-electron chi connectivity index (χ2n) is 5.18. The summed E-state index contributed by atoms with van der Waals surface area (Å²) in [5, 5.41) is 0. The Labute approximate surface area is 125 Å². The fourth-order valence-electron chi connectivity index (χ4n) is 2.33. The van der Waals surface area contributed by atoms with E-state index in [0.717, 1.165) is 12.1 Å². The minimum atomic E-state index is -4.34. The summed E-state index contributed by atoms with van der Waals surface area (Å²) in [6, 6.07) is 4.83. The highest BCUT2D eigenvalue weighted by molar-refractivity contribution is 5.90. The summed E-state index contributed by atoms with van der Waals surface area (Å²) < 4.78 is 50.1. The van der Waals surface area contributed by atoms with E-state index in [1.54, 1.807) is 6.08 Å². The van der Waals surface area contributed by atoms with Crippen LogP contribution in [-0.4, -0.2) is 23.9 Å². The number of carbonyl (C=O) groups excluding carboxylic acids is 1. The second kappa shape index (κ2) is 6.34. The number of carbonyl (C=O) groups is 1. The van der Waals surface area contributed by atoms with Gasteiger partial charge in [-0.15, -0.1) is 0 Å². The first-order valence-corrected chi connectivity index (χ1v) is 6.76. The molecule has 0 saturated carbocycles. The van der Waals surface area contributed by atoms with E-state index in [2.05, 4.69) is 6.58 Å². The maximum atomic E-state index is 12.8. The molecule has 1 aromatic carbocycles. The van der Waals surface area contributed by atoms with E-state index in [-0.39, 0.29) is 5.92 Å². The molecule has 118 valence electrons. The van der Waals surface area contributed by atoms with Gasteiger partial charge < -0.3 is 4.90 Å².